The van der Waals surface area contributed by atoms with Crippen LogP contribution in [0.2, 0.25) is 0 Å². The third-order valence-corrected chi connectivity index (χ3v) is 8.09. The lowest BCUT2D eigenvalue weighted by Gasteiger charge is -2.46. The fourth-order valence-corrected chi connectivity index (χ4v) is 5.23. The first-order valence-corrected chi connectivity index (χ1v) is 13.6. The molecule has 1 saturated carbocycles. The first kappa shape index (κ1) is 33.1. The molecular formula is C27H52O9. The van der Waals surface area contributed by atoms with Gasteiger partial charge in [0.15, 0.2) is 11.5 Å². The Kier molecular flexibility index (Phi) is 13.7. The van der Waals surface area contributed by atoms with Gasteiger partial charge >= 0.3 is 0 Å². The topological polar surface area (TPSA) is 160 Å². The number of hydrogen-bond acceptors (Lipinski definition) is 9. The molecule has 9 atom stereocenters. The van der Waals surface area contributed by atoms with Gasteiger partial charge in [0.25, 0.3) is 0 Å². The average Bonchev–Trinajstić information content (AvgIpc) is 2.86. The van der Waals surface area contributed by atoms with E-state index in [9.17, 15) is 35.7 Å². The molecule has 9 unspecified atom stereocenters. The van der Waals surface area contributed by atoms with E-state index in [4.69, 9.17) is 9.47 Å². The molecule has 1 rings (SSSR count). The molecule has 1 aliphatic rings. The summed E-state index contributed by atoms with van der Waals surface area (Å²) in [6.07, 6.45) is -2.80. The molecule has 1 fully saturated rings. The van der Waals surface area contributed by atoms with Crippen LogP contribution < -0.4 is 0 Å². The normalized spacial score (nSPS) is 30.7. The zero-order valence-electron chi connectivity index (χ0n) is 23.1. The van der Waals surface area contributed by atoms with Gasteiger partial charge < -0.3 is 45.2 Å². The minimum absolute atomic E-state index is 0.104. The molecule has 0 amide bonds. The van der Waals surface area contributed by atoms with Crippen molar-refractivity contribution in [2.24, 2.45) is 11.3 Å². The van der Waals surface area contributed by atoms with Crippen molar-refractivity contribution in [3.8, 4) is 0 Å². The summed E-state index contributed by atoms with van der Waals surface area (Å²) < 4.78 is 12.2. The van der Waals surface area contributed by atoms with Crippen molar-refractivity contribution in [1.29, 1.82) is 0 Å². The molecule has 7 N–H and O–H groups in total. The monoisotopic (exact) mass is 520 g/mol. The van der Waals surface area contributed by atoms with E-state index in [0.717, 1.165) is 19.3 Å². The summed E-state index contributed by atoms with van der Waals surface area (Å²) in [6, 6.07) is 0. The highest BCUT2D eigenvalue weighted by Gasteiger charge is 2.48. The van der Waals surface area contributed by atoms with E-state index in [1.807, 2.05) is 41.5 Å². The Bertz CT molecular complexity index is 670. The van der Waals surface area contributed by atoms with Gasteiger partial charge in [0, 0.05) is 31.0 Å². The molecule has 214 valence electrons. The van der Waals surface area contributed by atoms with Crippen LogP contribution in [-0.4, -0.2) is 91.2 Å². The molecule has 0 radical (unpaired) electrons. The Labute approximate surface area is 216 Å². The van der Waals surface area contributed by atoms with Gasteiger partial charge in [-0.25, -0.2) is 0 Å². The summed E-state index contributed by atoms with van der Waals surface area (Å²) in [5, 5.41) is 73.8. The summed E-state index contributed by atoms with van der Waals surface area (Å²) in [7, 11) is 0. The van der Waals surface area contributed by atoms with Crippen LogP contribution in [0, 0.1) is 11.3 Å². The molecule has 1 aliphatic carbocycles. The van der Waals surface area contributed by atoms with Gasteiger partial charge in [-0.1, -0.05) is 47.5 Å². The van der Waals surface area contributed by atoms with Crippen molar-refractivity contribution in [2.45, 2.75) is 135 Å². The zero-order chi connectivity index (χ0) is 27.7. The first-order valence-electron chi connectivity index (χ1n) is 13.6. The van der Waals surface area contributed by atoms with Gasteiger partial charge in [-0.2, -0.15) is 0 Å². The highest BCUT2D eigenvalue weighted by atomic mass is 16.5. The summed E-state index contributed by atoms with van der Waals surface area (Å²) in [5.74, 6) is -1.78. The Hall–Kier alpha value is -0.940. The van der Waals surface area contributed by atoms with Crippen molar-refractivity contribution < 1.29 is 45.2 Å². The fourth-order valence-electron chi connectivity index (χ4n) is 5.23. The zero-order valence-corrected chi connectivity index (χ0v) is 23.1. The van der Waals surface area contributed by atoms with Gasteiger partial charge in [0.1, 0.15) is 24.4 Å². The Balaban J connectivity index is 3.17. The lowest BCUT2D eigenvalue weighted by atomic mass is 9.76. The minimum Gasteiger partial charge on any atom is -0.506 e. The van der Waals surface area contributed by atoms with Gasteiger partial charge in [0.05, 0.1) is 17.8 Å². The average molecular weight is 521 g/mol. The second kappa shape index (κ2) is 14.9. The van der Waals surface area contributed by atoms with Crippen molar-refractivity contribution in [3.05, 3.63) is 11.5 Å². The SMILES string of the molecule is CCCC(C)(CC)OC1C(CO)CC(OC(CCO)/C(O)=C(/O)C(O)C(C)(CC)CCC)C(O)C1O. The summed E-state index contributed by atoms with van der Waals surface area (Å²) in [5.41, 5.74) is -1.19. The van der Waals surface area contributed by atoms with E-state index in [-0.39, 0.29) is 26.1 Å². The molecular weight excluding hydrogens is 468 g/mol. The van der Waals surface area contributed by atoms with E-state index in [1.54, 1.807) is 0 Å². The van der Waals surface area contributed by atoms with Gasteiger partial charge in [-0.05, 0) is 39.0 Å². The molecule has 0 aromatic carbocycles. The highest BCUT2D eigenvalue weighted by molar-refractivity contribution is 5.13. The van der Waals surface area contributed by atoms with Crippen molar-refractivity contribution in [1.82, 2.24) is 0 Å². The Morgan fingerprint density at radius 1 is 0.917 bits per heavy atom. The van der Waals surface area contributed by atoms with Crippen LogP contribution in [0.15, 0.2) is 11.5 Å². The predicted molar refractivity (Wildman–Crippen MR) is 138 cm³/mol. The first-order chi connectivity index (χ1) is 16.9. The van der Waals surface area contributed by atoms with Crippen molar-refractivity contribution in [2.75, 3.05) is 13.2 Å². The van der Waals surface area contributed by atoms with E-state index in [2.05, 4.69) is 0 Å². The second-order valence-electron chi connectivity index (χ2n) is 10.9. The number of hydrogen-bond donors (Lipinski definition) is 7. The number of ether oxygens (including phenoxy) is 2. The summed E-state index contributed by atoms with van der Waals surface area (Å²) >= 11 is 0. The molecule has 0 spiro atoms. The number of aliphatic hydroxyl groups excluding tert-OH is 7. The van der Waals surface area contributed by atoms with E-state index in [0.29, 0.717) is 19.3 Å². The predicted octanol–water partition coefficient (Wildman–Crippen LogP) is 3.12. The van der Waals surface area contributed by atoms with Crippen LogP contribution in [0.4, 0.5) is 0 Å². The maximum atomic E-state index is 10.9. The molecule has 0 heterocycles. The number of aliphatic hydroxyl groups is 7. The number of rotatable bonds is 16. The standard InChI is InChI=1S/C27H52O9/c1-7-12-26(5,9-3)25(34)23(33)20(30)18(11-14-28)35-19-15-17(16-29)24(22(32)21(19)31)36-27(6,10-4)13-8-2/h17-19,21-22,24-25,28-34H,7-16H2,1-6H3/b23-20-. The Morgan fingerprint density at radius 2 is 1.53 bits per heavy atom. The molecule has 0 bridgehead atoms. The van der Waals surface area contributed by atoms with Crippen molar-refractivity contribution in [3.63, 3.8) is 0 Å². The minimum atomic E-state index is -1.39. The largest absolute Gasteiger partial charge is 0.506 e. The van der Waals surface area contributed by atoms with Crippen LogP contribution in [0.5, 0.6) is 0 Å². The fraction of sp³-hybridized carbons (Fsp3) is 0.926. The smallest absolute Gasteiger partial charge is 0.162 e. The second-order valence-corrected chi connectivity index (χ2v) is 10.9. The molecule has 36 heavy (non-hydrogen) atoms. The van der Waals surface area contributed by atoms with Crippen LogP contribution in [-0.2, 0) is 9.47 Å². The third kappa shape index (κ3) is 8.03. The summed E-state index contributed by atoms with van der Waals surface area (Å²) in [4.78, 5) is 0. The van der Waals surface area contributed by atoms with Gasteiger partial charge in [-0.15, -0.1) is 0 Å². The molecule has 0 saturated heterocycles. The van der Waals surface area contributed by atoms with Gasteiger partial charge in [-0.3, -0.25) is 0 Å². The van der Waals surface area contributed by atoms with E-state index >= 15 is 0 Å². The maximum absolute atomic E-state index is 10.9. The molecule has 0 aromatic rings. The van der Waals surface area contributed by atoms with Crippen LogP contribution in [0.1, 0.15) is 92.9 Å². The lowest BCUT2D eigenvalue weighted by Crippen LogP contribution is -2.58. The Morgan fingerprint density at radius 3 is 2.00 bits per heavy atom. The van der Waals surface area contributed by atoms with Gasteiger partial charge in [0.2, 0.25) is 0 Å². The lowest BCUT2D eigenvalue weighted by molar-refractivity contribution is -0.231. The molecule has 9 heteroatoms. The summed E-state index contributed by atoms with van der Waals surface area (Å²) in [6.45, 7) is 11.0. The van der Waals surface area contributed by atoms with Crippen LogP contribution >= 0.6 is 0 Å². The molecule has 9 nitrogen and oxygen atoms in total. The maximum Gasteiger partial charge on any atom is 0.162 e. The van der Waals surface area contributed by atoms with Crippen molar-refractivity contribution >= 4 is 0 Å². The van der Waals surface area contributed by atoms with Crippen LogP contribution in [0.3, 0.4) is 0 Å². The van der Waals surface area contributed by atoms with E-state index < -0.39 is 65.1 Å². The third-order valence-electron chi connectivity index (χ3n) is 8.09. The highest BCUT2D eigenvalue weighted by Crippen LogP contribution is 2.38. The molecule has 0 aliphatic heterocycles. The van der Waals surface area contributed by atoms with E-state index in [1.165, 1.54) is 0 Å². The molecule has 0 aromatic heterocycles. The van der Waals surface area contributed by atoms with Crippen LogP contribution in [0.25, 0.3) is 0 Å². The quantitative estimate of drug-likeness (QED) is 0.152.